The zero-order valence-corrected chi connectivity index (χ0v) is 18.1. The first-order valence-electron chi connectivity index (χ1n) is 10.3. The molecule has 5 heteroatoms. The normalized spacial score (nSPS) is 50.5. The number of methoxy groups -OCH3 is 1. The maximum atomic E-state index is 13.1. The first-order valence-corrected chi connectivity index (χ1v) is 10.7. The van der Waals surface area contributed by atoms with Gasteiger partial charge in [0.05, 0.1) is 12.2 Å². The minimum Gasteiger partial charge on any atom is -0.392 e. The predicted octanol–water partition coefficient (Wildman–Crippen LogP) is 4.54. The highest BCUT2D eigenvalue weighted by Crippen LogP contribution is 2.67. The Labute approximate surface area is 168 Å². The fraction of sp³-hybridized carbons (Fsp3) is 0.864. The molecule has 0 amide bonds. The lowest BCUT2D eigenvalue weighted by molar-refractivity contribution is -0.214. The van der Waals surface area contributed by atoms with E-state index >= 15 is 0 Å². The predicted molar refractivity (Wildman–Crippen MR) is 106 cm³/mol. The number of halogens is 1. The lowest BCUT2D eigenvalue weighted by Crippen LogP contribution is -2.62. The molecule has 0 radical (unpaired) electrons. The Balaban J connectivity index is 2.17. The van der Waals surface area contributed by atoms with Crippen LogP contribution in [0.4, 0.5) is 0 Å². The van der Waals surface area contributed by atoms with Gasteiger partial charge < -0.3 is 14.6 Å². The summed E-state index contributed by atoms with van der Waals surface area (Å²) in [5.74, 6) is 0.704. The molecule has 2 unspecified atom stereocenters. The van der Waals surface area contributed by atoms with E-state index in [1.165, 1.54) is 0 Å². The van der Waals surface area contributed by atoms with Crippen molar-refractivity contribution < 1.29 is 19.4 Å². The Morgan fingerprint density at radius 1 is 1.30 bits per heavy atom. The fourth-order valence-corrected chi connectivity index (χ4v) is 7.22. The Bertz CT molecular complexity index is 607. The van der Waals surface area contributed by atoms with Crippen molar-refractivity contribution >= 4 is 17.4 Å². The summed E-state index contributed by atoms with van der Waals surface area (Å²) < 4.78 is 11.5. The summed E-state index contributed by atoms with van der Waals surface area (Å²) in [4.78, 5) is 13.1. The highest BCUT2D eigenvalue weighted by molar-refractivity contribution is 6.25. The molecule has 3 aliphatic rings. The average Bonchev–Trinajstić information content (AvgIpc) is 2.96. The SMILES string of the molecule is COCO[C@H]1[C@H](C)C23CCC(=O)C2[C@@](C)([C@H](C)CC3)[C@H](O)C[C@@]1(C)C=CCl. The van der Waals surface area contributed by atoms with Crippen LogP contribution in [0.1, 0.15) is 59.8 Å². The maximum absolute atomic E-state index is 13.1. The summed E-state index contributed by atoms with van der Waals surface area (Å²) in [5.41, 5.74) is 0.578. The molecule has 0 aromatic rings. The largest absolute Gasteiger partial charge is 0.392 e. The van der Waals surface area contributed by atoms with Crippen molar-refractivity contribution in [1.82, 2.24) is 0 Å². The lowest BCUT2D eigenvalue weighted by Gasteiger charge is -2.62. The van der Waals surface area contributed by atoms with E-state index in [0.717, 1.165) is 19.3 Å². The number of ketones is 1. The van der Waals surface area contributed by atoms with Gasteiger partial charge in [0.1, 0.15) is 12.6 Å². The fourth-order valence-electron chi connectivity index (χ4n) is 6.93. The van der Waals surface area contributed by atoms with Crippen molar-refractivity contribution in [2.45, 2.75) is 72.0 Å². The minimum atomic E-state index is -0.585. The summed E-state index contributed by atoms with van der Waals surface area (Å²) >= 11 is 6.03. The quantitative estimate of drug-likeness (QED) is 0.706. The van der Waals surface area contributed by atoms with Gasteiger partial charge in [0, 0.05) is 35.8 Å². The third-order valence-electron chi connectivity index (χ3n) is 8.63. The molecule has 0 aromatic heterocycles. The molecule has 4 nitrogen and oxygen atoms in total. The number of ether oxygens (including phenoxy) is 2. The molecule has 154 valence electrons. The van der Waals surface area contributed by atoms with E-state index < -0.39 is 16.9 Å². The zero-order valence-electron chi connectivity index (χ0n) is 17.3. The summed E-state index contributed by atoms with van der Waals surface area (Å²) in [5, 5.41) is 11.5. The van der Waals surface area contributed by atoms with Crippen LogP contribution >= 0.6 is 11.6 Å². The van der Waals surface area contributed by atoms with Gasteiger partial charge >= 0.3 is 0 Å². The first kappa shape index (κ1) is 21.3. The molecular formula is C22H35ClO4. The van der Waals surface area contributed by atoms with E-state index in [9.17, 15) is 9.90 Å². The topological polar surface area (TPSA) is 55.8 Å². The number of carbonyl (C=O) groups excluding carboxylic acids is 1. The lowest BCUT2D eigenvalue weighted by atomic mass is 9.44. The van der Waals surface area contributed by atoms with E-state index in [4.69, 9.17) is 21.1 Å². The molecule has 8 atom stereocenters. The van der Waals surface area contributed by atoms with Gasteiger partial charge in [-0.25, -0.2) is 0 Å². The molecule has 0 aromatic carbocycles. The van der Waals surface area contributed by atoms with E-state index in [1.54, 1.807) is 12.6 Å². The number of aliphatic hydroxyl groups is 1. The number of hydrogen-bond acceptors (Lipinski definition) is 4. The van der Waals surface area contributed by atoms with Crippen LogP contribution in [0.5, 0.6) is 0 Å². The van der Waals surface area contributed by atoms with Gasteiger partial charge in [0.15, 0.2) is 0 Å². The molecular weight excluding hydrogens is 364 g/mol. The minimum absolute atomic E-state index is 0.100. The zero-order chi connectivity index (χ0) is 20.0. The number of Topliss-reactive ketones (excluding diaryl/α,β-unsaturated/α-hetero) is 1. The Morgan fingerprint density at radius 3 is 2.63 bits per heavy atom. The molecule has 0 aliphatic heterocycles. The van der Waals surface area contributed by atoms with Crippen molar-refractivity contribution in [3.63, 3.8) is 0 Å². The van der Waals surface area contributed by atoms with Crippen LogP contribution in [-0.2, 0) is 14.3 Å². The molecule has 0 heterocycles. The van der Waals surface area contributed by atoms with Crippen LogP contribution in [0, 0.1) is 34.0 Å². The van der Waals surface area contributed by atoms with Gasteiger partial charge in [0.2, 0.25) is 0 Å². The van der Waals surface area contributed by atoms with Crippen LogP contribution in [-0.4, -0.2) is 37.0 Å². The molecule has 2 bridgehead atoms. The van der Waals surface area contributed by atoms with Crippen LogP contribution in [0.15, 0.2) is 11.6 Å². The van der Waals surface area contributed by atoms with Gasteiger partial charge in [-0.2, -0.15) is 0 Å². The van der Waals surface area contributed by atoms with Gasteiger partial charge in [0.25, 0.3) is 0 Å². The molecule has 0 spiro atoms. The van der Waals surface area contributed by atoms with Crippen molar-refractivity contribution in [2.75, 3.05) is 13.9 Å². The molecule has 3 fully saturated rings. The monoisotopic (exact) mass is 398 g/mol. The third kappa shape index (κ3) is 3.02. The Kier molecular flexibility index (Phi) is 5.87. The van der Waals surface area contributed by atoms with Gasteiger partial charge in [-0.1, -0.05) is 45.4 Å². The molecule has 3 saturated carbocycles. The van der Waals surface area contributed by atoms with Crippen molar-refractivity contribution in [3.05, 3.63) is 11.6 Å². The number of rotatable bonds is 4. The number of hydrogen-bond donors (Lipinski definition) is 1. The second-order valence-electron chi connectivity index (χ2n) is 9.74. The van der Waals surface area contributed by atoms with Crippen LogP contribution < -0.4 is 0 Å². The second kappa shape index (κ2) is 7.44. The van der Waals surface area contributed by atoms with Gasteiger partial charge in [-0.15, -0.1) is 0 Å². The molecule has 1 N–H and O–H groups in total. The van der Waals surface area contributed by atoms with Crippen molar-refractivity contribution in [1.29, 1.82) is 0 Å². The van der Waals surface area contributed by atoms with Gasteiger partial charge in [-0.3, -0.25) is 4.79 Å². The third-order valence-corrected chi connectivity index (χ3v) is 8.76. The summed E-state index contributed by atoms with van der Waals surface area (Å²) in [7, 11) is 1.62. The van der Waals surface area contributed by atoms with Crippen molar-refractivity contribution in [2.24, 2.45) is 34.0 Å². The molecule has 27 heavy (non-hydrogen) atoms. The molecule has 3 rings (SSSR count). The number of aliphatic hydroxyl groups excluding tert-OH is 1. The highest BCUT2D eigenvalue weighted by Gasteiger charge is 2.67. The van der Waals surface area contributed by atoms with Crippen molar-refractivity contribution in [3.8, 4) is 0 Å². The molecule has 3 aliphatic carbocycles. The smallest absolute Gasteiger partial charge is 0.146 e. The standard InChI is InChI=1S/C22H35ClO4/c1-14-6-8-22-9-7-16(24)18(22)21(14,4)17(25)12-20(3,10-11-23)19(15(22)2)27-13-26-5/h10-11,14-15,17-19,25H,6-9,12-13H2,1-5H3/t14-,15+,17-,18?,19+,20-,21+,22?/m1/s1. The highest BCUT2D eigenvalue weighted by atomic mass is 35.5. The van der Waals surface area contributed by atoms with Crippen LogP contribution in [0.2, 0.25) is 0 Å². The summed E-state index contributed by atoms with van der Waals surface area (Å²) in [6.07, 6.45) is 5.29. The molecule has 0 saturated heterocycles. The first-order chi connectivity index (χ1) is 12.7. The van der Waals surface area contributed by atoms with Crippen LogP contribution in [0.3, 0.4) is 0 Å². The van der Waals surface area contributed by atoms with Crippen LogP contribution in [0.25, 0.3) is 0 Å². The van der Waals surface area contributed by atoms with E-state index in [0.29, 0.717) is 24.5 Å². The maximum Gasteiger partial charge on any atom is 0.146 e. The van der Waals surface area contributed by atoms with E-state index in [-0.39, 0.29) is 30.1 Å². The summed E-state index contributed by atoms with van der Waals surface area (Å²) in [6.45, 7) is 8.90. The van der Waals surface area contributed by atoms with E-state index in [1.807, 2.05) is 6.08 Å². The Morgan fingerprint density at radius 2 is 2.00 bits per heavy atom. The average molecular weight is 399 g/mol. The summed E-state index contributed by atoms with van der Waals surface area (Å²) in [6, 6.07) is 0. The van der Waals surface area contributed by atoms with E-state index in [2.05, 4.69) is 27.7 Å². The number of carbonyl (C=O) groups is 1. The second-order valence-corrected chi connectivity index (χ2v) is 9.99. The van der Waals surface area contributed by atoms with Gasteiger partial charge in [-0.05, 0) is 42.9 Å². The Hall–Kier alpha value is -0.420.